The maximum atomic E-state index is 12.0. The van der Waals surface area contributed by atoms with Crippen LogP contribution in [0.3, 0.4) is 0 Å². The van der Waals surface area contributed by atoms with Crippen LogP contribution in [0, 0.1) is 11.3 Å². The molecule has 0 amide bonds. The van der Waals surface area contributed by atoms with Crippen LogP contribution in [-0.4, -0.2) is 26.7 Å². The standard InChI is InChI=1S/C13H15NO4S/c1-3-18-13(15)11(9-14)10-7-5-6-8-12(10)19(16,17)4-2/h5-8,11H,3-4H2,1-2H3. The zero-order valence-electron chi connectivity index (χ0n) is 10.8. The normalized spacial score (nSPS) is 12.5. The molecule has 1 aromatic carbocycles. The van der Waals surface area contributed by atoms with Crippen molar-refractivity contribution in [2.75, 3.05) is 12.4 Å². The molecule has 6 heteroatoms. The van der Waals surface area contributed by atoms with Crippen LogP contribution in [0.5, 0.6) is 0 Å². The molecule has 0 spiro atoms. The van der Waals surface area contributed by atoms with E-state index in [1.165, 1.54) is 19.1 Å². The first-order chi connectivity index (χ1) is 8.97. The largest absolute Gasteiger partial charge is 0.465 e. The van der Waals surface area contributed by atoms with Gasteiger partial charge in [-0.15, -0.1) is 0 Å². The summed E-state index contributed by atoms with van der Waals surface area (Å²) in [7, 11) is -3.49. The molecule has 0 heterocycles. The third-order valence-corrected chi connectivity index (χ3v) is 4.40. The molecule has 1 atom stereocenters. The lowest BCUT2D eigenvalue weighted by molar-refractivity contribution is -0.143. The first kappa shape index (κ1) is 15.2. The lowest BCUT2D eigenvalue weighted by atomic mass is 10.0. The predicted octanol–water partition coefficient (Wildman–Crippen LogP) is 1.65. The molecule has 0 saturated heterocycles. The van der Waals surface area contributed by atoms with Gasteiger partial charge in [0, 0.05) is 0 Å². The summed E-state index contributed by atoms with van der Waals surface area (Å²) in [4.78, 5) is 11.7. The number of sulfone groups is 1. The van der Waals surface area contributed by atoms with Gasteiger partial charge < -0.3 is 4.74 Å². The van der Waals surface area contributed by atoms with E-state index in [2.05, 4.69) is 0 Å². The molecule has 1 rings (SSSR count). The van der Waals surface area contributed by atoms with Crippen LogP contribution in [0.2, 0.25) is 0 Å². The van der Waals surface area contributed by atoms with Crippen LogP contribution in [0.1, 0.15) is 25.3 Å². The SMILES string of the molecule is CCOC(=O)C(C#N)c1ccccc1S(=O)(=O)CC. The maximum absolute atomic E-state index is 12.0. The van der Waals surface area contributed by atoms with Crippen LogP contribution in [0.4, 0.5) is 0 Å². The Balaban J connectivity index is 3.35. The van der Waals surface area contributed by atoms with Gasteiger partial charge in [0.25, 0.3) is 0 Å². The molecule has 1 aromatic rings. The molecule has 0 fully saturated rings. The van der Waals surface area contributed by atoms with Gasteiger partial charge in [0.05, 0.1) is 23.3 Å². The Morgan fingerprint density at radius 3 is 2.53 bits per heavy atom. The van der Waals surface area contributed by atoms with E-state index < -0.39 is 21.7 Å². The van der Waals surface area contributed by atoms with Gasteiger partial charge in [0.2, 0.25) is 0 Å². The van der Waals surface area contributed by atoms with Gasteiger partial charge in [-0.1, -0.05) is 25.1 Å². The monoisotopic (exact) mass is 281 g/mol. The minimum absolute atomic E-state index is 0.0112. The molecule has 102 valence electrons. The number of carbonyl (C=O) groups is 1. The Labute approximate surface area is 112 Å². The molecular formula is C13H15NO4S. The summed E-state index contributed by atoms with van der Waals surface area (Å²) in [6.07, 6.45) is 0. The smallest absolute Gasteiger partial charge is 0.327 e. The fraction of sp³-hybridized carbons (Fsp3) is 0.385. The molecule has 0 aliphatic carbocycles. The second-order valence-corrected chi connectivity index (χ2v) is 6.00. The highest BCUT2D eigenvalue weighted by Crippen LogP contribution is 2.25. The van der Waals surface area contributed by atoms with Crippen molar-refractivity contribution < 1.29 is 17.9 Å². The van der Waals surface area contributed by atoms with Crippen molar-refractivity contribution in [1.29, 1.82) is 5.26 Å². The molecule has 0 N–H and O–H groups in total. The van der Waals surface area contributed by atoms with Crippen LogP contribution in [0.15, 0.2) is 29.2 Å². The van der Waals surface area contributed by atoms with E-state index in [-0.39, 0.29) is 22.8 Å². The first-order valence-corrected chi connectivity index (χ1v) is 7.51. The zero-order valence-corrected chi connectivity index (χ0v) is 11.6. The molecule has 5 nitrogen and oxygen atoms in total. The third-order valence-electron chi connectivity index (χ3n) is 2.60. The van der Waals surface area contributed by atoms with Crippen molar-refractivity contribution in [3.8, 4) is 6.07 Å². The fourth-order valence-corrected chi connectivity index (χ4v) is 2.77. The summed E-state index contributed by atoms with van der Waals surface area (Å²) >= 11 is 0. The van der Waals surface area contributed by atoms with Gasteiger partial charge in [0.1, 0.15) is 0 Å². The topological polar surface area (TPSA) is 84.2 Å². The summed E-state index contributed by atoms with van der Waals surface area (Å²) < 4.78 is 28.7. The number of ether oxygens (including phenoxy) is 1. The van der Waals surface area contributed by atoms with E-state index >= 15 is 0 Å². The average molecular weight is 281 g/mol. The van der Waals surface area contributed by atoms with Gasteiger partial charge in [-0.3, -0.25) is 4.79 Å². The van der Waals surface area contributed by atoms with Crippen molar-refractivity contribution in [2.45, 2.75) is 24.7 Å². The van der Waals surface area contributed by atoms with E-state index in [9.17, 15) is 13.2 Å². The number of nitrogens with zero attached hydrogens (tertiary/aromatic N) is 1. The Bertz CT molecular complexity index is 601. The fourth-order valence-electron chi connectivity index (χ4n) is 1.63. The lowest BCUT2D eigenvalue weighted by Crippen LogP contribution is -2.18. The highest BCUT2D eigenvalue weighted by molar-refractivity contribution is 7.91. The quantitative estimate of drug-likeness (QED) is 0.766. The molecule has 0 aliphatic rings. The minimum atomic E-state index is -3.49. The van der Waals surface area contributed by atoms with Crippen LogP contribution < -0.4 is 0 Å². The van der Waals surface area contributed by atoms with Gasteiger partial charge >= 0.3 is 5.97 Å². The number of esters is 1. The Morgan fingerprint density at radius 2 is 2.00 bits per heavy atom. The van der Waals surface area contributed by atoms with Gasteiger partial charge in [0.15, 0.2) is 15.8 Å². The summed E-state index contributed by atoms with van der Waals surface area (Å²) in [5.74, 6) is -2.05. The average Bonchev–Trinajstić information content (AvgIpc) is 2.40. The molecule has 1 unspecified atom stereocenters. The Kier molecular flexibility index (Phi) is 5.07. The second kappa shape index (κ2) is 6.34. The van der Waals surface area contributed by atoms with Gasteiger partial charge in [-0.05, 0) is 18.6 Å². The Hall–Kier alpha value is -1.87. The molecule has 0 radical (unpaired) electrons. The number of rotatable bonds is 5. The van der Waals surface area contributed by atoms with Crippen LogP contribution in [0.25, 0.3) is 0 Å². The van der Waals surface area contributed by atoms with Gasteiger partial charge in [-0.25, -0.2) is 8.42 Å². The number of benzene rings is 1. The molecule has 0 saturated carbocycles. The van der Waals surface area contributed by atoms with Crippen molar-refractivity contribution in [3.05, 3.63) is 29.8 Å². The molecule has 0 aliphatic heterocycles. The van der Waals surface area contributed by atoms with Gasteiger partial charge in [-0.2, -0.15) is 5.26 Å². The van der Waals surface area contributed by atoms with E-state index in [4.69, 9.17) is 10.00 Å². The number of hydrogen-bond acceptors (Lipinski definition) is 5. The number of nitriles is 1. The molecule has 0 aromatic heterocycles. The summed E-state index contributed by atoms with van der Waals surface area (Å²) in [6.45, 7) is 3.28. The highest BCUT2D eigenvalue weighted by Gasteiger charge is 2.28. The van der Waals surface area contributed by atoms with E-state index in [1.807, 2.05) is 0 Å². The predicted molar refractivity (Wildman–Crippen MR) is 69.2 cm³/mol. The van der Waals surface area contributed by atoms with E-state index in [0.717, 1.165) is 0 Å². The highest BCUT2D eigenvalue weighted by atomic mass is 32.2. The summed E-state index contributed by atoms with van der Waals surface area (Å²) in [5, 5.41) is 9.09. The van der Waals surface area contributed by atoms with Crippen molar-refractivity contribution in [3.63, 3.8) is 0 Å². The molecule has 0 bridgehead atoms. The van der Waals surface area contributed by atoms with Crippen molar-refractivity contribution in [2.24, 2.45) is 0 Å². The van der Waals surface area contributed by atoms with Crippen molar-refractivity contribution in [1.82, 2.24) is 0 Å². The molecule has 19 heavy (non-hydrogen) atoms. The molecular weight excluding hydrogens is 266 g/mol. The number of carbonyl (C=O) groups excluding carboxylic acids is 1. The summed E-state index contributed by atoms with van der Waals surface area (Å²) in [5.41, 5.74) is 0.172. The first-order valence-electron chi connectivity index (χ1n) is 5.85. The maximum Gasteiger partial charge on any atom is 0.327 e. The third kappa shape index (κ3) is 3.32. The number of hydrogen-bond donors (Lipinski definition) is 0. The zero-order chi connectivity index (χ0) is 14.5. The Morgan fingerprint density at radius 1 is 1.37 bits per heavy atom. The minimum Gasteiger partial charge on any atom is -0.465 e. The summed E-state index contributed by atoms with van der Waals surface area (Å²) in [6, 6.07) is 7.82. The van der Waals surface area contributed by atoms with E-state index in [1.54, 1.807) is 25.1 Å². The van der Waals surface area contributed by atoms with E-state index in [0.29, 0.717) is 0 Å². The van der Waals surface area contributed by atoms with Crippen LogP contribution in [-0.2, 0) is 19.4 Å². The van der Waals surface area contributed by atoms with Crippen LogP contribution >= 0.6 is 0 Å². The van der Waals surface area contributed by atoms with Crippen molar-refractivity contribution >= 4 is 15.8 Å². The lowest BCUT2D eigenvalue weighted by Gasteiger charge is -2.13. The second-order valence-electron chi connectivity index (χ2n) is 3.76.